The van der Waals surface area contributed by atoms with Gasteiger partial charge in [0.25, 0.3) is 10.0 Å². The highest BCUT2D eigenvalue weighted by molar-refractivity contribution is 9.09. The van der Waals surface area contributed by atoms with Crippen LogP contribution in [0.15, 0.2) is 17.6 Å². The van der Waals surface area contributed by atoms with Crippen molar-refractivity contribution in [2.45, 2.75) is 11.9 Å². The van der Waals surface area contributed by atoms with Crippen LogP contribution >= 0.6 is 15.9 Å². The number of sulfonamides is 1. The van der Waals surface area contributed by atoms with Crippen LogP contribution in [0.3, 0.4) is 0 Å². The Morgan fingerprint density at radius 3 is 2.67 bits per heavy atom. The third-order valence-corrected chi connectivity index (χ3v) is 4.19. The highest BCUT2D eigenvalue weighted by atomic mass is 79.9. The van der Waals surface area contributed by atoms with E-state index in [1.54, 1.807) is 11.6 Å². The Kier molecular flexibility index (Phi) is 4.30. The van der Waals surface area contributed by atoms with Crippen LogP contribution in [0.2, 0.25) is 0 Å². The molecule has 0 fully saturated rings. The largest absolute Gasteiger partial charge is 0.339 e. The van der Waals surface area contributed by atoms with Gasteiger partial charge in [-0.3, -0.25) is 0 Å². The molecule has 1 rings (SSSR count). The third-order valence-electron chi connectivity index (χ3n) is 1.97. The molecule has 0 atom stereocenters. The number of aryl methyl sites for hydroxylation is 1. The van der Waals surface area contributed by atoms with Crippen LogP contribution in [-0.2, 0) is 17.1 Å². The molecule has 0 spiro atoms. The van der Waals surface area contributed by atoms with Crippen LogP contribution < -0.4 is 0 Å². The number of hydrogen-bond donors (Lipinski definition) is 0. The summed E-state index contributed by atoms with van der Waals surface area (Å²) in [5.41, 5.74) is 0. The van der Waals surface area contributed by atoms with Gasteiger partial charge in [-0.15, -0.1) is 0 Å². The molecule has 0 aromatic carbocycles. The van der Waals surface area contributed by atoms with E-state index in [9.17, 15) is 8.42 Å². The van der Waals surface area contributed by atoms with Gasteiger partial charge >= 0.3 is 0 Å². The van der Waals surface area contributed by atoms with Gasteiger partial charge in [-0.05, 0) is 0 Å². The topological polar surface area (TPSA) is 55.2 Å². The van der Waals surface area contributed by atoms with Crippen molar-refractivity contribution in [1.29, 1.82) is 0 Å². The van der Waals surface area contributed by atoms with E-state index in [2.05, 4.69) is 20.9 Å². The molecule has 1 aromatic heterocycles. The molecule has 0 aliphatic carbocycles. The zero-order valence-corrected chi connectivity index (χ0v) is 11.1. The first-order chi connectivity index (χ1) is 7.02. The van der Waals surface area contributed by atoms with E-state index in [0.29, 0.717) is 18.4 Å². The predicted octanol–water partition coefficient (Wildman–Crippen LogP) is 0.826. The maximum absolute atomic E-state index is 12.0. The number of imidazole rings is 1. The first kappa shape index (κ1) is 12.7. The van der Waals surface area contributed by atoms with Crippen molar-refractivity contribution in [2.24, 2.45) is 7.05 Å². The van der Waals surface area contributed by atoms with Gasteiger partial charge in [0.1, 0.15) is 0 Å². The minimum absolute atomic E-state index is 0.104. The zero-order valence-electron chi connectivity index (χ0n) is 8.72. The summed E-state index contributed by atoms with van der Waals surface area (Å²) in [4.78, 5) is 3.86. The molecule has 0 N–H and O–H groups in total. The Balaban J connectivity index is 3.00. The average Bonchev–Trinajstić information content (AvgIpc) is 2.61. The van der Waals surface area contributed by atoms with Gasteiger partial charge in [0.2, 0.25) is 0 Å². The van der Waals surface area contributed by atoms with Crippen molar-refractivity contribution in [3.05, 3.63) is 12.5 Å². The first-order valence-electron chi connectivity index (χ1n) is 4.56. The number of alkyl halides is 1. The average molecular weight is 296 g/mol. The van der Waals surface area contributed by atoms with Gasteiger partial charge in [-0.25, -0.2) is 13.4 Å². The molecule has 0 amide bonds. The fourth-order valence-electron chi connectivity index (χ4n) is 1.20. The van der Waals surface area contributed by atoms with E-state index >= 15 is 0 Å². The Morgan fingerprint density at radius 2 is 2.27 bits per heavy atom. The van der Waals surface area contributed by atoms with Crippen LogP contribution in [0.25, 0.3) is 0 Å². The van der Waals surface area contributed by atoms with Gasteiger partial charge in [0.15, 0.2) is 5.03 Å². The summed E-state index contributed by atoms with van der Waals surface area (Å²) in [5.74, 6) is 0. The summed E-state index contributed by atoms with van der Waals surface area (Å²) >= 11 is 3.23. The lowest BCUT2D eigenvalue weighted by molar-refractivity contribution is 0.446. The summed E-state index contributed by atoms with van der Waals surface area (Å²) in [6.07, 6.45) is 2.99. The fourth-order valence-corrected chi connectivity index (χ4v) is 3.28. The highest BCUT2D eigenvalue weighted by Gasteiger charge is 2.24. The van der Waals surface area contributed by atoms with Crippen LogP contribution in [0.4, 0.5) is 0 Å². The highest BCUT2D eigenvalue weighted by Crippen LogP contribution is 2.12. The van der Waals surface area contributed by atoms with E-state index in [4.69, 9.17) is 0 Å². The molecule has 5 nitrogen and oxygen atoms in total. The molecule has 0 saturated carbocycles. The van der Waals surface area contributed by atoms with E-state index < -0.39 is 10.0 Å². The molecule has 15 heavy (non-hydrogen) atoms. The zero-order chi connectivity index (χ0) is 11.5. The second-order valence-electron chi connectivity index (χ2n) is 3.06. The number of aromatic nitrogens is 2. The SMILES string of the molecule is CCN(CCBr)S(=O)(=O)c1cn(C)cn1. The molecule has 0 radical (unpaired) electrons. The Hall–Kier alpha value is -0.400. The van der Waals surface area contributed by atoms with E-state index in [-0.39, 0.29) is 5.03 Å². The maximum Gasteiger partial charge on any atom is 0.262 e. The number of nitrogens with zero attached hydrogens (tertiary/aromatic N) is 3. The van der Waals surface area contributed by atoms with Crippen molar-refractivity contribution in [2.75, 3.05) is 18.4 Å². The minimum atomic E-state index is -3.42. The van der Waals surface area contributed by atoms with Crippen molar-refractivity contribution >= 4 is 26.0 Å². The molecule has 86 valence electrons. The summed E-state index contributed by atoms with van der Waals surface area (Å²) in [6.45, 7) is 2.71. The standard InChI is InChI=1S/C8H14BrN3O2S/c1-3-12(5-4-9)15(13,14)8-6-11(2)7-10-8/h6-7H,3-5H2,1-2H3. The molecule has 0 unspecified atom stereocenters. The molecule has 0 aliphatic rings. The maximum atomic E-state index is 12.0. The number of hydrogen-bond acceptors (Lipinski definition) is 3. The predicted molar refractivity (Wildman–Crippen MR) is 61.4 cm³/mol. The molecular weight excluding hydrogens is 282 g/mol. The van der Waals surface area contributed by atoms with Crippen LogP contribution in [0, 0.1) is 0 Å². The van der Waals surface area contributed by atoms with Gasteiger partial charge in [0, 0.05) is 31.7 Å². The first-order valence-corrected chi connectivity index (χ1v) is 7.12. The van der Waals surface area contributed by atoms with E-state index in [1.807, 2.05) is 6.92 Å². The summed E-state index contributed by atoms with van der Waals surface area (Å²) < 4.78 is 27.0. The lowest BCUT2D eigenvalue weighted by Crippen LogP contribution is -2.32. The van der Waals surface area contributed by atoms with Crippen LogP contribution in [0.1, 0.15) is 6.92 Å². The van der Waals surface area contributed by atoms with Gasteiger partial charge in [-0.1, -0.05) is 22.9 Å². The second kappa shape index (κ2) is 5.09. The van der Waals surface area contributed by atoms with E-state index in [0.717, 1.165) is 0 Å². The van der Waals surface area contributed by atoms with E-state index in [1.165, 1.54) is 16.8 Å². The summed E-state index contributed by atoms with van der Waals surface area (Å²) in [6, 6.07) is 0. The van der Waals surface area contributed by atoms with Crippen molar-refractivity contribution in [3.8, 4) is 0 Å². The molecule has 0 aliphatic heterocycles. The molecule has 1 heterocycles. The van der Waals surface area contributed by atoms with Crippen molar-refractivity contribution in [3.63, 3.8) is 0 Å². The molecule has 7 heteroatoms. The fraction of sp³-hybridized carbons (Fsp3) is 0.625. The number of halogens is 1. The quantitative estimate of drug-likeness (QED) is 0.756. The van der Waals surface area contributed by atoms with Crippen molar-refractivity contribution in [1.82, 2.24) is 13.9 Å². The smallest absolute Gasteiger partial charge is 0.262 e. The molecular formula is C8H14BrN3O2S. The van der Waals surface area contributed by atoms with Crippen LogP contribution in [0.5, 0.6) is 0 Å². The van der Waals surface area contributed by atoms with Crippen LogP contribution in [-0.4, -0.2) is 40.7 Å². The minimum Gasteiger partial charge on any atom is -0.339 e. The lowest BCUT2D eigenvalue weighted by atomic mass is 10.7. The molecule has 0 saturated heterocycles. The number of rotatable bonds is 5. The summed E-state index contributed by atoms with van der Waals surface area (Å²) in [7, 11) is -1.68. The summed E-state index contributed by atoms with van der Waals surface area (Å²) in [5, 5.41) is 0.722. The lowest BCUT2D eigenvalue weighted by Gasteiger charge is -2.17. The Morgan fingerprint density at radius 1 is 1.60 bits per heavy atom. The Labute approximate surface area is 98.3 Å². The molecule has 0 bridgehead atoms. The normalized spacial score (nSPS) is 12.3. The Bertz CT molecular complexity index is 415. The van der Waals surface area contributed by atoms with Gasteiger partial charge in [-0.2, -0.15) is 4.31 Å². The second-order valence-corrected chi connectivity index (χ2v) is 5.74. The molecule has 1 aromatic rings. The third kappa shape index (κ3) is 2.79. The van der Waals surface area contributed by atoms with Gasteiger partial charge in [0.05, 0.1) is 6.33 Å². The monoisotopic (exact) mass is 295 g/mol. The van der Waals surface area contributed by atoms with Gasteiger partial charge < -0.3 is 4.57 Å². The van der Waals surface area contributed by atoms with Crippen molar-refractivity contribution < 1.29 is 8.42 Å².